The molecule has 3 atom stereocenters. The van der Waals surface area contributed by atoms with Crippen molar-refractivity contribution in [3.05, 3.63) is 18.5 Å². The van der Waals surface area contributed by atoms with Gasteiger partial charge >= 0.3 is 0 Å². The van der Waals surface area contributed by atoms with Gasteiger partial charge in [0.1, 0.15) is 6.61 Å². The van der Waals surface area contributed by atoms with E-state index in [9.17, 15) is 4.79 Å². The van der Waals surface area contributed by atoms with E-state index in [2.05, 4.69) is 14.9 Å². The quantitative estimate of drug-likeness (QED) is 0.795. The van der Waals surface area contributed by atoms with Gasteiger partial charge in [0.15, 0.2) is 0 Å². The number of anilines is 1. The van der Waals surface area contributed by atoms with E-state index in [4.69, 9.17) is 9.47 Å². The molecule has 3 heterocycles. The highest BCUT2D eigenvalue weighted by Crippen LogP contribution is 2.35. The third kappa shape index (κ3) is 3.77. The van der Waals surface area contributed by atoms with E-state index in [0.717, 1.165) is 51.3 Å². The zero-order valence-corrected chi connectivity index (χ0v) is 14.5. The molecular formula is C18H26N4O3. The average Bonchev–Trinajstić information content (AvgIpc) is 3.31. The lowest BCUT2D eigenvalue weighted by Crippen LogP contribution is -2.49. The van der Waals surface area contributed by atoms with Gasteiger partial charge in [0.25, 0.3) is 0 Å². The molecule has 2 aliphatic heterocycles. The number of aromatic nitrogens is 2. The molecule has 7 heteroatoms. The van der Waals surface area contributed by atoms with Crippen LogP contribution < -0.4 is 4.90 Å². The monoisotopic (exact) mass is 346 g/mol. The molecule has 7 nitrogen and oxygen atoms in total. The number of ether oxygens (including phenoxy) is 2. The molecule has 25 heavy (non-hydrogen) atoms. The maximum Gasteiger partial charge on any atom is 0.248 e. The van der Waals surface area contributed by atoms with Crippen LogP contribution >= 0.6 is 0 Å². The van der Waals surface area contributed by atoms with E-state index in [0.29, 0.717) is 25.2 Å². The SMILES string of the molecule is O=C(COCC1CC2OCCN(c3ncccn3)C2C1)N1CCCC1. The Hall–Kier alpha value is -1.73. The van der Waals surface area contributed by atoms with Crippen LogP contribution in [-0.4, -0.2) is 72.4 Å². The lowest BCUT2D eigenvalue weighted by molar-refractivity contribution is -0.135. The van der Waals surface area contributed by atoms with E-state index < -0.39 is 0 Å². The molecular weight excluding hydrogens is 320 g/mol. The summed E-state index contributed by atoms with van der Waals surface area (Å²) in [5.41, 5.74) is 0. The van der Waals surface area contributed by atoms with Crippen molar-refractivity contribution >= 4 is 11.9 Å². The van der Waals surface area contributed by atoms with Gasteiger partial charge in [-0.1, -0.05) is 0 Å². The number of hydrogen-bond donors (Lipinski definition) is 0. The Morgan fingerprint density at radius 3 is 2.80 bits per heavy atom. The minimum atomic E-state index is 0.128. The molecule has 4 rings (SSSR count). The predicted octanol–water partition coefficient (Wildman–Crippen LogP) is 1.10. The van der Waals surface area contributed by atoms with Crippen molar-refractivity contribution in [2.24, 2.45) is 5.92 Å². The van der Waals surface area contributed by atoms with Gasteiger partial charge in [-0.2, -0.15) is 0 Å². The van der Waals surface area contributed by atoms with Gasteiger partial charge in [-0.15, -0.1) is 0 Å². The van der Waals surface area contributed by atoms with Crippen LogP contribution in [-0.2, 0) is 14.3 Å². The maximum absolute atomic E-state index is 12.1. The van der Waals surface area contributed by atoms with E-state index in [1.54, 1.807) is 12.4 Å². The van der Waals surface area contributed by atoms with Crippen molar-refractivity contribution in [3.63, 3.8) is 0 Å². The van der Waals surface area contributed by atoms with Gasteiger partial charge in [-0.05, 0) is 37.7 Å². The van der Waals surface area contributed by atoms with Crippen LogP contribution in [0.15, 0.2) is 18.5 Å². The van der Waals surface area contributed by atoms with Crippen LogP contribution in [0.5, 0.6) is 0 Å². The number of morpholine rings is 1. The molecule has 3 aliphatic rings. The summed E-state index contributed by atoms with van der Waals surface area (Å²) in [4.78, 5) is 25.0. The lowest BCUT2D eigenvalue weighted by Gasteiger charge is -2.37. The van der Waals surface area contributed by atoms with Gasteiger partial charge in [0.05, 0.1) is 25.4 Å². The molecule has 1 saturated carbocycles. The Morgan fingerprint density at radius 2 is 2.00 bits per heavy atom. The number of rotatable bonds is 5. The fourth-order valence-corrected chi connectivity index (χ4v) is 4.25. The summed E-state index contributed by atoms with van der Waals surface area (Å²) in [7, 11) is 0. The highest BCUT2D eigenvalue weighted by atomic mass is 16.5. The Bertz CT molecular complexity index is 579. The lowest BCUT2D eigenvalue weighted by atomic mass is 10.1. The summed E-state index contributed by atoms with van der Waals surface area (Å²) in [5.74, 6) is 1.33. The van der Waals surface area contributed by atoms with E-state index in [1.807, 2.05) is 11.0 Å². The van der Waals surface area contributed by atoms with Gasteiger partial charge < -0.3 is 19.3 Å². The summed E-state index contributed by atoms with van der Waals surface area (Å²) in [6, 6.07) is 2.14. The van der Waals surface area contributed by atoms with Crippen molar-refractivity contribution in [3.8, 4) is 0 Å². The third-order valence-corrected chi connectivity index (χ3v) is 5.48. The second-order valence-corrected chi connectivity index (χ2v) is 7.16. The summed E-state index contributed by atoms with van der Waals surface area (Å²) in [6.07, 6.45) is 7.99. The van der Waals surface area contributed by atoms with E-state index in [-0.39, 0.29) is 18.6 Å². The van der Waals surface area contributed by atoms with Crippen molar-refractivity contribution in [2.45, 2.75) is 37.8 Å². The second-order valence-electron chi connectivity index (χ2n) is 7.16. The molecule has 0 bridgehead atoms. The molecule has 3 unspecified atom stereocenters. The average molecular weight is 346 g/mol. The minimum absolute atomic E-state index is 0.128. The molecule has 1 aliphatic carbocycles. The predicted molar refractivity (Wildman–Crippen MR) is 92.3 cm³/mol. The van der Waals surface area contributed by atoms with Crippen LogP contribution in [0.3, 0.4) is 0 Å². The first kappa shape index (κ1) is 16.7. The molecule has 1 aromatic heterocycles. The molecule has 1 aromatic rings. The number of hydrogen-bond acceptors (Lipinski definition) is 6. The summed E-state index contributed by atoms with van der Waals surface area (Å²) < 4.78 is 11.7. The summed E-state index contributed by atoms with van der Waals surface area (Å²) in [5, 5.41) is 0. The van der Waals surface area contributed by atoms with E-state index >= 15 is 0 Å². The van der Waals surface area contributed by atoms with Gasteiger partial charge in [0.2, 0.25) is 11.9 Å². The Balaban J connectivity index is 1.28. The van der Waals surface area contributed by atoms with Crippen molar-refractivity contribution in [1.82, 2.24) is 14.9 Å². The highest BCUT2D eigenvalue weighted by Gasteiger charge is 2.42. The molecule has 2 saturated heterocycles. The van der Waals surface area contributed by atoms with Gasteiger partial charge in [-0.25, -0.2) is 9.97 Å². The molecule has 0 spiro atoms. The molecule has 1 amide bonds. The normalized spacial score (nSPS) is 29.0. The number of carbonyl (C=O) groups is 1. The second kappa shape index (κ2) is 7.66. The Morgan fingerprint density at radius 1 is 1.20 bits per heavy atom. The number of likely N-dealkylation sites (tertiary alicyclic amines) is 1. The molecule has 0 aromatic carbocycles. The van der Waals surface area contributed by atoms with Crippen LogP contribution in [0.2, 0.25) is 0 Å². The first-order chi connectivity index (χ1) is 12.3. The Labute approximate surface area is 148 Å². The van der Waals surface area contributed by atoms with Crippen molar-refractivity contribution < 1.29 is 14.3 Å². The van der Waals surface area contributed by atoms with E-state index in [1.165, 1.54) is 0 Å². The molecule has 0 N–H and O–H groups in total. The van der Waals surface area contributed by atoms with Gasteiger partial charge in [0, 0.05) is 32.0 Å². The molecule has 0 radical (unpaired) electrons. The Kier molecular flexibility index (Phi) is 5.12. The minimum Gasteiger partial charge on any atom is -0.374 e. The summed E-state index contributed by atoms with van der Waals surface area (Å²) in [6.45, 7) is 4.13. The first-order valence-corrected chi connectivity index (χ1v) is 9.32. The zero-order chi connectivity index (χ0) is 17.1. The van der Waals surface area contributed by atoms with Crippen LogP contribution in [0.25, 0.3) is 0 Å². The van der Waals surface area contributed by atoms with Crippen LogP contribution in [0.1, 0.15) is 25.7 Å². The fraction of sp³-hybridized carbons (Fsp3) is 0.722. The topological polar surface area (TPSA) is 67.8 Å². The van der Waals surface area contributed by atoms with Crippen molar-refractivity contribution in [1.29, 1.82) is 0 Å². The molecule has 136 valence electrons. The summed E-state index contributed by atoms with van der Waals surface area (Å²) >= 11 is 0. The maximum atomic E-state index is 12.1. The zero-order valence-electron chi connectivity index (χ0n) is 14.5. The third-order valence-electron chi connectivity index (χ3n) is 5.48. The molecule has 3 fully saturated rings. The highest BCUT2D eigenvalue weighted by molar-refractivity contribution is 5.77. The number of amides is 1. The number of carbonyl (C=O) groups excluding carboxylic acids is 1. The van der Waals surface area contributed by atoms with Gasteiger partial charge in [-0.3, -0.25) is 4.79 Å². The number of nitrogens with zero attached hydrogens (tertiary/aromatic N) is 4. The fourth-order valence-electron chi connectivity index (χ4n) is 4.25. The standard InChI is InChI=1S/C18H26N4O3/c23-17(21-6-1-2-7-21)13-24-12-14-10-15-16(11-14)25-9-8-22(15)18-19-4-3-5-20-18/h3-5,14-16H,1-2,6-13H2. The largest absolute Gasteiger partial charge is 0.374 e. The van der Waals surface area contributed by atoms with Crippen molar-refractivity contribution in [2.75, 3.05) is 44.4 Å². The van der Waals surface area contributed by atoms with Crippen LogP contribution in [0, 0.1) is 5.92 Å². The first-order valence-electron chi connectivity index (χ1n) is 9.32. The number of fused-ring (bicyclic) bond motifs is 1. The van der Waals surface area contributed by atoms with Crippen LogP contribution in [0.4, 0.5) is 5.95 Å². The smallest absolute Gasteiger partial charge is 0.248 e.